The lowest BCUT2D eigenvalue weighted by Crippen LogP contribution is -2.51. The molecule has 1 aliphatic rings. The van der Waals surface area contributed by atoms with Crippen molar-refractivity contribution in [2.45, 2.75) is 38.8 Å². The van der Waals surface area contributed by atoms with Crippen LogP contribution in [0.25, 0.3) is 0 Å². The van der Waals surface area contributed by atoms with Crippen molar-refractivity contribution < 1.29 is 4.79 Å². The molecule has 4 heteroatoms. The van der Waals surface area contributed by atoms with Crippen molar-refractivity contribution in [1.82, 2.24) is 10.6 Å². The number of halogens is 1. The number of piperidine rings is 1. The molecule has 2 rings (SSSR count). The predicted molar refractivity (Wildman–Crippen MR) is 80.9 cm³/mol. The Hall–Kier alpha value is -0.870. The third kappa shape index (κ3) is 3.80. The molecule has 1 aromatic rings. The third-order valence-electron chi connectivity index (χ3n) is 3.78. The Kier molecular flexibility index (Phi) is 4.99. The first-order chi connectivity index (χ1) is 9.08. The summed E-state index contributed by atoms with van der Waals surface area (Å²) < 4.78 is 1.05. The van der Waals surface area contributed by atoms with Crippen LogP contribution in [0.15, 0.2) is 28.7 Å². The van der Waals surface area contributed by atoms with Gasteiger partial charge >= 0.3 is 0 Å². The highest BCUT2D eigenvalue weighted by molar-refractivity contribution is 9.10. The lowest BCUT2D eigenvalue weighted by Gasteiger charge is -2.30. The Labute approximate surface area is 123 Å². The molecule has 0 radical (unpaired) electrons. The average Bonchev–Trinajstić information content (AvgIpc) is 2.39. The SMILES string of the molecule is CC1CCCNC1C(=O)N[C@H](C)c1ccc(Br)cc1. The van der Waals surface area contributed by atoms with E-state index in [0.717, 1.165) is 29.4 Å². The molecule has 3 nitrogen and oxygen atoms in total. The maximum Gasteiger partial charge on any atom is 0.237 e. The minimum atomic E-state index is -0.0494. The standard InChI is InChI=1S/C15H21BrN2O/c1-10-4-3-9-17-14(10)15(19)18-11(2)12-5-7-13(16)8-6-12/h5-8,10-11,14,17H,3-4,9H2,1-2H3,(H,18,19)/t10?,11-,14?/m1/s1. The Bertz CT molecular complexity index is 432. The highest BCUT2D eigenvalue weighted by Gasteiger charge is 2.28. The number of carbonyl (C=O) groups excluding carboxylic acids is 1. The zero-order valence-corrected chi connectivity index (χ0v) is 13.0. The zero-order valence-electron chi connectivity index (χ0n) is 11.4. The van der Waals surface area contributed by atoms with Crippen LogP contribution < -0.4 is 10.6 Å². The summed E-state index contributed by atoms with van der Waals surface area (Å²) in [5, 5.41) is 6.41. The molecule has 0 saturated carbocycles. The predicted octanol–water partition coefficient (Wildman–Crippen LogP) is 3.01. The van der Waals surface area contributed by atoms with Crippen LogP contribution in [-0.2, 0) is 4.79 Å². The van der Waals surface area contributed by atoms with E-state index in [9.17, 15) is 4.79 Å². The number of benzene rings is 1. The van der Waals surface area contributed by atoms with Crippen molar-refractivity contribution in [2.24, 2.45) is 5.92 Å². The molecule has 1 amide bonds. The van der Waals surface area contributed by atoms with Gasteiger partial charge in [-0.15, -0.1) is 0 Å². The van der Waals surface area contributed by atoms with Crippen LogP contribution in [0.3, 0.4) is 0 Å². The van der Waals surface area contributed by atoms with Crippen molar-refractivity contribution in [3.05, 3.63) is 34.3 Å². The molecule has 0 aliphatic carbocycles. The summed E-state index contributed by atoms with van der Waals surface area (Å²) in [6.07, 6.45) is 2.28. The van der Waals surface area contributed by atoms with Gasteiger partial charge in [0.2, 0.25) is 5.91 Å². The molecule has 1 aromatic carbocycles. The Morgan fingerprint density at radius 3 is 2.74 bits per heavy atom. The molecule has 1 fully saturated rings. The summed E-state index contributed by atoms with van der Waals surface area (Å²) in [6.45, 7) is 5.10. The highest BCUT2D eigenvalue weighted by atomic mass is 79.9. The lowest BCUT2D eigenvalue weighted by atomic mass is 9.92. The average molecular weight is 325 g/mol. The number of nitrogens with one attached hydrogen (secondary N) is 2. The smallest absolute Gasteiger partial charge is 0.237 e. The van der Waals surface area contributed by atoms with Gasteiger partial charge in [0, 0.05) is 4.47 Å². The fraction of sp³-hybridized carbons (Fsp3) is 0.533. The van der Waals surface area contributed by atoms with E-state index in [1.807, 2.05) is 31.2 Å². The molecule has 0 aromatic heterocycles. The molecule has 2 N–H and O–H groups in total. The van der Waals surface area contributed by atoms with Crippen molar-refractivity contribution in [2.75, 3.05) is 6.54 Å². The first-order valence-corrected chi connectivity index (χ1v) is 7.66. The lowest BCUT2D eigenvalue weighted by molar-refractivity contribution is -0.125. The first-order valence-electron chi connectivity index (χ1n) is 6.87. The second-order valence-electron chi connectivity index (χ2n) is 5.33. The Morgan fingerprint density at radius 2 is 2.11 bits per heavy atom. The Morgan fingerprint density at radius 1 is 1.42 bits per heavy atom. The van der Waals surface area contributed by atoms with E-state index in [0.29, 0.717) is 5.92 Å². The molecule has 0 bridgehead atoms. The number of rotatable bonds is 3. The van der Waals surface area contributed by atoms with Gasteiger partial charge in [0.15, 0.2) is 0 Å². The van der Waals surface area contributed by atoms with Crippen LogP contribution in [-0.4, -0.2) is 18.5 Å². The Balaban J connectivity index is 1.96. The molecule has 19 heavy (non-hydrogen) atoms. The second-order valence-corrected chi connectivity index (χ2v) is 6.25. The van der Waals surface area contributed by atoms with Gasteiger partial charge in [-0.2, -0.15) is 0 Å². The second kappa shape index (κ2) is 6.53. The van der Waals surface area contributed by atoms with E-state index >= 15 is 0 Å². The summed E-state index contributed by atoms with van der Waals surface area (Å²) in [6, 6.07) is 8.06. The first kappa shape index (κ1) is 14.5. The quantitative estimate of drug-likeness (QED) is 0.897. The van der Waals surface area contributed by atoms with Gasteiger partial charge in [0.05, 0.1) is 12.1 Å². The minimum absolute atomic E-state index is 0.0385. The van der Waals surface area contributed by atoms with Crippen LogP contribution in [0, 0.1) is 5.92 Å². The van der Waals surface area contributed by atoms with E-state index in [4.69, 9.17) is 0 Å². The van der Waals surface area contributed by atoms with Gasteiger partial charge < -0.3 is 10.6 Å². The van der Waals surface area contributed by atoms with Crippen molar-refractivity contribution >= 4 is 21.8 Å². The molecule has 104 valence electrons. The number of hydrogen-bond donors (Lipinski definition) is 2. The van der Waals surface area contributed by atoms with Crippen molar-refractivity contribution in [3.8, 4) is 0 Å². The van der Waals surface area contributed by atoms with E-state index in [1.165, 1.54) is 0 Å². The summed E-state index contributed by atoms with van der Waals surface area (Å²) in [5.41, 5.74) is 1.13. The van der Waals surface area contributed by atoms with Crippen molar-refractivity contribution in [3.63, 3.8) is 0 Å². The number of hydrogen-bond acceptors (Lipinski definition) is 2. The maximum absolute atomic E-state index is 12.3. The molecule has 1 aliphatic heterocycles. The van der Waals surface area contributed by atoms with Gasteiger partial charge in [0.25, 0.3) is 0 Å². The summed E-state index contributed by atoms with van der Waals surface area (Å²) in [5.74, 6) is 0.522. The summed E-state index contributed by atoms with van der Waals surface area (Å²) in [7, 11) is 0. The number of amides is 1. The minimum Gasteiger partial charge on any atom is -0.348 e. The van der Waals surface area contributed by atoms with Crippen LogP contribution in [0.5, 0.6) is 0 Å². The fourth-order valence-corrected chi connectivity index (χ4v) is 2.80. The molecule has 3 atom stereocenters. The zero-order chi connectivity index (χ0) is 13.8. The molecular formula is C15H21BrN2O. The van der Waals surface area contributed by atoms with E-state index in [2.05, 4.69) is 33.5 Å². The molecular weight excluding hydrogens is 304 g/mol. The maximum atomic E-state index is 12.3. The van der Waals surface area contributed by atoms with Gasteiger partial charge in [-0.3, -0.25) is 4.79 Å². The van der Waals surface area contributed by atoms with Gasteiger partial charge in [-0.25, -0.2) is 0 Å². The van der Waals surface area contributed by atoms with Crippen molar-refractivity contribution in [1.29, 1.82) is 0 Å². The van der Waals surface area contributed by atoms with Gasteiger partial charge in [-0.05, 0) is 49.9 Å². The monoisotopic (exact) mass is 324 g/mol. The van der Waals surface area contributed by atoms with E-state index < -0.39 is 0 Å². The summed E-state index contributed by atoms with van der Waals surface area (Å²) >= 11 is 3.42. The topological polar surface area (TPSA) is 41.1 Å². The van der Waals surface area contributed by atoms with Gasteiger partial charge in [-0.1, -0.05) is 35.0 Å². The van der Waals surface area contributed by atoms with E-state index in [1.54, 1.807) is 0 Å². The summed E-state index contributed by atoms with van der Waals surface area (Å²) in [4.78, 5) is 12.3. The molecule has 2 unspecified atom stereocenters. The van der Waals surface area contributed by atoms with Crippen LogP contribution >= 0.6 is 15.9 Å². The molecule has 0 spiro atoms. The van der Waals surface area contributed by atoms with Gasteiger partial charge in [0.1, 0.15) is 0 Å². The van der Waals surface area contributed by atoms with Crippen LogP contribution in [0.2, 0.25) is 0 Å². The van der Waals surface area contributed by atoms with Crippen LogP contribution in [0.4, 0.5) is 0 Å². The third-order valence-corrected chi connectivity index (χ3v) is 4.31. The largest absolute Gasteiger partial charge is 0.348 e. The highest BCUT2D eigenvalue weighted by Crippen LogP contribution is 2.19. The van der Waals surface area contributed by atoms with Crippen LogP contribution in [0.1, 0.15) is 38.3 Å². The fourth-order valence-electron chi connectivity index (χ4n) is 2.54. The normalized spacial score (nSPS) is 24.8. The molecule has 1 heterocycles. The molecule has 1 saturated heterocycles. The number of carbonyl (C=O) groups is 1. The van der Waals surface area contributed by atoms with E-state index in [-0.39, 0.29) is 18.0 Å².